The zero-order valence-corrected chi connectivity index (χ0v) is 17.7. The number of pyridine rings is 1. The van der Waals surface area contributed by atoms with Gasteiger partial charge in [-0.3, -0.25) is 9.78 Å². The number of anilines is 1. The average Bonchev–Trinajstić information content (AvgIpc) is 3.16. The van der Waals surface area contributed by atoms with Gasteiger partial charge >= 0.3 is 0 Å². The van der Waals surface area contributed by atoms with E-state index in [-0.39, 0.29) is 11.7 Å². The molecule has 0 bridgehead atoms. The summed E-state index contributed by atoms with van der Waals surface area (Å²) in [5.74, 6) is 2.19. The van der Waals surface area contributed by atoms with Crippen molar-refractivity contribution in [2.45, 2.75) is 6.42 Å². The molecule has 0 fully saturated rings. The van der Waals surface area contributed by atoms with E-state index in [1.807, 2.05) is 12.1 Å². The van der Waals surface area contributed by atoms with Gasteiger partial charge in [-0.05, 0) is 48.5 Å². The van der Waals surface area contributed by atoms with Gasteiger partial charge in [0, 0.05) is 28.9 Å². The first-order chi connectivity index (χ1) is 14.6. The number of hydrogen-bond donors (Lipinski definition) is 1. The van der Waals surface area contributed by atoms with Crippen LogP contribution in [0.2, 0.25) is 5.02 Å². The SMILES string of the molecule is COc1cc(Cl)cc2c1CC(SCC(=O)Nc1ccc(Oc3cccnc3)cc1)=N2. The monoisotopic (exact) mass is 439 g/mol. The zero-order valence-electron chi connectivity index (χ0n) is 16.1. The van der Waals surface area contributed by atoms with Crippen molar-refractivity contribution in [2.75, 3.05) is 18.2 Å². The summed E-state index contributed by atoms with van der Waals surface area (Å²) in [6, 6.07) is 14.4. The maximum atomic E-state index is 12.3. The summed E-state index contributed by atoms with van der Waals surface area (Å²) in [5.41, 5.74) is 2.49. The van der Waals surface area contributed by atoms with Gasteiger partial charge in [0.05, 0.1) is 29.8 Å². The molecule has 0 spiro atoms. The van der Waals surface area contributed by atoms with Crippen molar-refractivity contribution in [1.82, 2.24) is 4.98 Å². The van der Waals surface area contributed by atoms with Crippen LogP contribution in [0, 0.1) is 0 Å². The van der Waals surface area contributed by atoms with Crippen LogP contribution in [0.4, 0.5) is 11.4 Å². The summed E-state index contributed by atoms with van der Waals surface area (Å²) in [4.78, 5) is 20.9. The smallest absolute Gasteiger partial charge is 0.234 e. The Labute approximate surface area is 183 Å². The molecule has 1 aromatic heterocycles. The highest BCUT2D eigenvalue weighted by Crippen LogP contribution is 2.39. The maximum absolute atomic E-state index is 12.3. The second-order valence-corrected chi connectivity index (χ2v) is 7.93. The zero-order chi connectivity index (χ0) is 20.9. The van der Waals surface area contributed by atoms with E-state index >= 15 is 0 Å². The number of rotatable bonds is 6. The molecule has 2 heterocycles. The lowest BCUT2D eigenvalue weighted by Crippen LogP contribution is -2.15. The topological polar surface area (TPSA) is 72.8 Å². The van der Waals surface area contributed by atoms with E-state index < -0.39 is 0 Å². The number of benzene rings is 2. The molecule has 0 aliphatic carbocycles. The first-order valence-electron chi connectivity index (χ1n) is 9.15. The van der Waals surface area contributed by atoms with Gasteiger partial charge in [0.1, 0.15) is 17.2 Å². The highest BCUT2D eigenvalue weighted by Gasteiger charge is 2.21. The first-order valence-corrected chi connectivity index (χ1v) is 10.5. The van der Waals surface area contributed by atoms with Crippen LogP contribution in [-0.2, 0) is 11.2 Å². The highest BCUT2D eigenvalue weighted by atomic mass is 35.5. The number of aromatic nitrogens is 1. The summed E-state index contributed by atoms with van der Waals surface area (Å²) in [6.07, 6.45) is 3.96. The second-order valence-electron chi connectivity index (χ2n) is 6.44. The molecule has 4 rings (SSSR count). The van der Waals surface area contributed by atoms with Gasteiger partial charge in [-0.2, -0.15) is 0 Å². The van der Waals surface area contributed by atoms with Gasteiger partial charge in [0.15, 0.2) is 0 Å². The molecule has 0 saturated heterocycles. The van der Waals surface area contributed by atoms with Gasteiger partial charge in [-0.25, -0.2) is 4.99 Å². The quantitative estimate of drug-likeness (QED) is 0.549. The van der Waals surface area contributed by atoms with E-state index in [2.05, 4.69) is 15.3 Å². The fraction of sp³-hybridized carbons (Fsp3) is 0.136. The Morgan fingerprint density at radius 2 is 2.03 bits per heavy atom. The molecule has 1 amide bonds. The minimum Gasteiger partial charge on any atom is -0.496 e. The van der Waals surface area contributed by atoms with Crippen molar-refractivity contribution in [3.63, 3.8) is 0 Å². The number of nitrogens with zero attached hydrogens (tertiary/aromatic N) is 2. The van der Waals surface area contributed by atoms with Crippen molar-refractivity contribution in [1.29, 1.82) is 0 Å². The van der Waals surface area contributed by atoms with Crippen molar-refractivity contribution in [3.05, 3.63) is 71.5 Å². The number of nitrogens with one attached hydrogen (secondary N) is 1. The standard InChI is InChI=1S/C22H18ClN3O3S/c1-28-20-10-14(23)9-19-18(20)11-22(26-19)30-13-21(27)25-15-4-6-16(7-5-15)29-17-3-2-8-24-12-17/h2-10,12H,11,13H2,1H3,(H,25,27). The van der Waals surface area contributed by atoms with Crippen molar-refractivity contribution < 1.29 is 14.3 Å². The molecule has 1 N–H and O–H groups in total. The fourth-order valence-corrected chi connectivity index (χ4v) is 3.94. The van der Waals surface area contributed by atoms with Gasteiger partial charge in [0.25, 0.3) is 0 Å². The highest BCUT2D eigenvalue weighted by molar-refractivity contribution is 8.14. The summed E-state index contributed by atoms with van der Waals surface area (Å²) >= 11 is 7.50. The average molecular weight is 440 g/mol. The molecule has 1 aliphatic heterocycles. The molecule has 3 aromatic rings. The number of fused-ring (bicyclic) bond motifs is 1. The number of carbonyl (C=O) groups excluding carboxylic acids is 1. The van der Waals surface area contributed by atoms with E-state index in [4.69, 9.17) is 21.1 Å². The lowest BCUT2D eigenvalue weighted by atomic mass is 10.1. The number of methoxy groups -OCH3 is 1. The molecule has 2 aromatic carbocycles. The fourth-order valence-electron chi connectivity index (χ4n) is 2.96. The number of carbonyl (C=O) groups is 1. The normalized spacial score (nSPS) is 12.1. The lowest BCUT2D eigenvalue weighted by Gasteiger charge is -2.08. The Morgan fingerprint density at radius 1 is 1.20 bits per heavy atom. The first kappa shape index (κ1) is 20.3. The third-order valence-electron chi connectivity index (χ3n) is 4.32. The van der Waals surface area contributed by atoms with Crippen LogP contribution in [0.25, 0.3) is 0 Å². The molecule has 152 valence electrons. The molecule has 1 aliphatic rings. The Hall–Kier alpha value is -3.03. The minimum absolute atomic E-state index is 0.107. The van der Waals surface area contributed by atoms with Crippen LogP contribution < -0.4 is 14.8 Å². The molecule has 0 saturated carbocycles. The van der Waals surface area contributed by atoms with Gasteiger partial charge in [-0.1, -0.05) is 11.6 Å². The van der Waals surface area contributed by atoms with Crippen LogP contribution in [0.15, 0.2) is 65.9 Å². The molecule has 0 atom stereocenters. The van der Waals surface area contributed by atoms with Crippen molar-refractivity contribution in [3.8, 4) is 17.2 Å². The predicted octanol–water partition coefficient (Wildman–Crippen LogP) is 5.49. The second kappa shape index (κ2) is 9.19. The molecule has 30 heavy (non-hydrogen) atoms. The Kier molecular flexibility index (Phi) is 6.21. The molecular formula is C22H18ClN3O3S. The lowest BCUT2D eigenvalue weighted by molar-refractivity contribution is -0.113. The number of hydrogen-bond acceptors (Lipinski definition) is 6. The number of halogens is 1. The molecule has 6 nitrogen and oxygen atoms in total. The summed E-state index contributed by atoms with van der Waals surface area (Å²) < 4.78 is 11.1. The van der Waals surface area contributed by atoms with E-state index in [1.165, 1.54) is 11.8 Å². The van der Waals surface area contributed by atoms with Crippen LogP contribution in [0.5, 0.6) is 17.2 Å². The summed E-state index contributed by atoms with van der Waals surface area (Å²) in [5, 5.41) is 4.32. The number of amides is 1. The van der Waals surface area contributed by atoms with Crippen LogP contribution >= 0.6 is 23.4 Å². The third-order valence-corrected chi connectivity index (χ3v) is 5.51. The molecule has 0 radical (unpaired) electrons. The minimum atomic E-state index is -0.107. The maximum Gasteiger partial charge on any atom is 0.234 e. The largest absolute Gasteiger partial charge is 0.496 e. The van der Waals surface area contributed by atoms with Crippen molar-refractivity contribution >= 4 is 45.7 Å². The predicted molar refractivity (Wildman–Crippen MR) is 121 cm³/mol. The van der Waals surface area contributed by atoms with Crippen LogP contribution in [-0.4, -0.2) is 28.8 Å². The Morgan fingerprint density at radius 3 is 2.77 bits per heavy atom. The van der Waals surface area contributed by atoms with E-state index in [9.17, 15) is 4.79 Å². The number of ether oxygens (including phenoxy) is 2. The van der Waals surface area contributed by atoms with Gasteiger partial charge < -0.3 is 14.8 Å². The molecule has 8 heteroatoms. The van der Waals surface area contributed by atoms with Crippen molar-refractivity contribution in [2.24, 2.45) is 4.99 Å². The molecular weight excluding hydrogens is 422 g/mol. The Balaban J connectivity index is 1.30. The van der Waals surface area contributed by atoms with Gasteiger partial charge in [0.2, 0.25) is 5.91 Å². The van der Waals surface area contributed by atoms with E-state index in [0.29, 0.717) is 28.6 Å². The number of thioether (sulfide) groups is 1. The Bertz CT molecular complexity index is 1090. The summed E-state index contributed by atoms with van der Waals surface area (Å²) in [7, 11) is 1.61. The van der Waals surface area contributed by atoms with Crippen LogP contribution in [0.1, 0.15) is 5.56 Å². The number of aliphatic imine (C=N–C) groups is 1. The third kappa shape index (κ3) is 4.93. The van der Waals surface area contributed by atoms with Crippen LogP contribution in [0.3, 0.4) is 0 Å². The van der Waals surface area contributed by atoms with E-state index in [1.54, 1.807) is 55.9 Å². The molecule has 0 unspecified atom stereocenters. The van der Waals surface area contributed by atoms with E-state index in [0.717, 1.165) is 22.0 Å². The summed E-state index contributed by atoms with van der Waals surface area (Å²) in [6.45, 7) is 0. The van der Waals surface area contributed by atoms with Gasteiger partial charge in [-0.15, -0.1) is 11.8 Å².